The molecule has 0 amide bonds. The molecular weight excluding hydrogens is 514 g/mol. The van der Waals surface area contributed by atoms with Crippen molar-refractivity contribution in [3.05, 3.63) is 123 Å². The summed E-state index contributed by atoms with van der Waals surface area (Å²) in [5.74, 6) is 0.648. The summed E-state index contributed by atoms with van der Waals surface area (Å²) < 4.78 is 7.07. The smallest absolute Gasteiger partial charge is 0.253 e. The van der Waals surface area contributed by atoms with Crippen molar-refractivity contribution in [2.24, 2.45) is 0 Å². The van der Waals surface area contributed by atoms with Gasteiger partial charge in [-0.3, -0.25) is 14.6 Å². The van der Waals surface area contributed by atoms with Crippen LogP contribution in [0.5, 0.6) is 0 Å². The van der Waals surface area contributed by atoms with Crippen molar-refractivity contribution in [1.82, 2.24) is 35.0 Å². The third kappa shape index (κ3) is 5.69. The standard InChI is InChI=1S/C32H35N7O2/c1-23-13-14-26-22-27(32(40)33-28(26)21-23)30(31-34-35-36-39(31)19-20-41-2)38-17-15-37(16-18-38)29(24-9-5-3-6-10-24)25-11-7-4-8-12-25/h3-14,21-22,29-30H,15-20H2,1-2H3,(H,33,40)/t30-/m1/s1. The number of benzene rings is 3. The van der Waals surface area contributed by atoms with Crippen molar-refractivity contribution in [2.45, 2.75) is 25.6 Å². The largest absolute Gasteiger partial charge is 0.383 e. The van der Waals surface area contributed by atoms with Crippen LogP contribution in [-0.4, -0.2) is 74.9 Å². The van der Waals surface area contributed by atoms with Crippen LogP contribution in [0.1, 0.15) is 40.2 Å². The average Bonchev–Trinajstić information content (AvgIpc) is 3.46. The molecule has 9 nitrogen and oxygen atoms in total. The molecule has 0 bridgehead atoms. The van der Waals surface area contributed by atoms with Crippen molar-refractivity contribution in [3.63, 3.8) is 0 Å². The Kier molecular flexibility index (Phi) is 8.00. The van der Waals surface area contributed by atoms with E-state index in [-0.39, 0.29) is 11.6 Å². The van der Waals surface area contributed by atoms with Gasteiger partial charge in [-0.1, -0.05) is 72.8 Å². The second-order valence-corrected chi connectivity index (χ2v) is 10.6. The Morgan fingerprint density at radius 1 is 0.854 bits per heavy atom. The molecule has 41 heavy (non-hydrogen) atoms. The second-order valence-electron chi connectivity index (χ2n) is 10.6. The number of H-pyrrole nitrogens is 1. The third-order valence-electron chi connectivity index (χ3n) is 7.95. The van der Waals surface area contributed by atoms with Crippen LogP contribution in [0, 0.1) is 6.92 Å². The molecule has 0 saturated carbocycles. The van der Waals surface area contributed by atoms with Crippen molar-refractivity contribution < 1.29 is 4.74 Å². The molecule has 5 aromatic rings. The lowest BCUT2D eigenvalue weighted by Crippen LogP contribution is -2.50. The number of hydrogen-bond acceptors (Lipinski definition) is 7. The maximum absolute atomic E-state index is 13.6. The zero-order chi connectivity index (χ0) is 28.2. The lowest BCUT2D eigenvalue weighted by Gasteiger charge is -2.42. The first-order chi connectivity index (χ1) is 20.1. The van der Waals surface area contributed by atoms with Crippen LogP contribution in [-0.2, 0) is 11.3 Å². The number of tetrazole rings is 1. The topological polar surface area (TPSA) is 92.2 Å². The lowest BCUT2D eigenvalue weighted by atomic mass is 9.96. The number of pyridine rings is 1. The Balaban J connectivity index is 1.35. The van der Waals surface area contributed by atoms with Crippen molar-refractivity contribution >= 4 is 10.9 Å². The van der Waals surface area contributed by atoms with Crippen molar-refractivity contribution in [1.29, 1.82) is 0 Å². The number of nitrogens with one attached hydrogen (secondary N) is 1. The molecule has 6 rings (SSSR count). The molecule has 0 radical (unpaired) electrons. The quantitative estimate of drug-likeness (QED) is 0.298. The van der Waals surface area contributed by atoms with Gasteiger partial charge in [-0.25, -0.2) is 4.68 Å². The van der Waals surface area contributed by atoms with Gasteiger partial charge in [-0.15, -0.1) is 5.10 Å². The highest BCUT2D eigenvalue weighted by Gasteiger charge is 2.34. The third-order valence-corrected chi connectivity index (χ3v) is 7.95. The van der Waals surface area contributed by atoms with Gasteiger partial charge in [-0.05, 0) is 51.6 Å². The molecule has 1 aliphatic heterocycles. The van der Waals surface area contributed by atoms with Gasteiger partial charge in [0.25, 0.3) is 5.56 Å². The Morgan fingerprint density at radius 2 is 1.49 bits per heavy atom. The van der Waals surface area contributed by atoms with Crippen LogP contribution in [0.25, 0.3) is 10.9 Å². The summed E-state index contributed by atoms with van der Waals surface area (Å²) in [7, 11) is 1.66. The monoisotopic (exact) mass is 549 g/mol. The average molecular weight is 550 g/mol. The number of fused-ring (bicyclic) bond motifs is 1. The van der Waals surface area contributed by atoms with Crippen LogP contribution in [0.2, 0.25) is 0 Å². The molecule has 1 aliphatic rings. The zero-order valence-corrected chi connectivity index (χ0v) is 23.5. The maximum Gasteiger partial charge on any atom is 0.253 e. The molecule has 1 atom stereocenters. The minimum absolute atomic E-state index is 0.122. The summed E-state index contributed by atoms with van der Waals surface area (Å²) in [6, 6.07) is 29.2. The minimum atomic E-state index is -0.398. The second kappa shape index (κ2) is 12.1. The van der Waals surface area contributed by atoms with E-state index in [4.69, 9.17) is 4.74 Å². The molecule has 0 aliphatic carbocycles. The van der Waals surface area contributed by atoms with Crippen molar-refractivity contribution in [2.75, 3.05) is 39.9 Å². The van der Waals surface area contributed by atoms with Gasteiger partial charge in [0, 0.05) is 44.4 Å². The van der Waals surface area contributed by atoms with Crippen LogP contribution < -0.4 is 5.56 Å². The first kappa shape index (κ1) is 27.0. The number of aromatic amines is 1. The fourth-order valence-corrected chi connectivity index (χ4v) is 5.92. The predicted octanol–water partition coefficient (Wildman–Crippen LogP) is 3.97. The van der Waals surface area contributed by atoms with E-state index in [0.29, 0.717) is 24.5 Å². The Labute approximate surface area is 239 Å². The fourth-order valence-electron chi connectivity index (χ4n) is 5.92. The number of rotatable bonds is 9. The summed E-state index contributed by atoms with van der Waals surface area (Å²) in [6.07, 6.45) is 0. The molecule has 1 saturated heterocycles. The molecular formula is C32H35N7O2. The first-order valence-corrected chi connectivity index (χ1v) is 14.1. The number of aryl methyl sites for hydroxylation is 1. The van der Waals surface area contributed by atoms with E-state index in [0.717, 1.165) is 42.6 Å². The van der Waals surface area contributed by atoms with Gasteiger partial charge in [0.05, 0.1) is 19.2 Å². The van der Waals surface area contributed by atoms with Crippen LogP contribution in [0.15, 0.2) is 89.7 Å². The Bertz CT molecular complexity index is 1600. The summed E-state index contributed by atoms with van der Waals surface area (Å²) in [5.41, 5.74) is 4.99. The molecule has 3 heterocycles. The van der Waals surface area contributed by atoms with Crippen molar-refractivity contribution in [3.8, 4) is 0 Å². The number of aromatic nitrogens is 5. The van der Waals surface area contributed by atoms with E-state index >= 15 is 0 Å². The number of ether oxygens (including phenoxy) is 1. The fraction of sp³-hybridized carbons (Fsp3) is 0.312. The lowest BCUT2D eigenvalue weighted by molar-refractivity contribution is 0.0848. The first-order valence-electron chi connectivity index (χ1n) is 14.1. The number of hydrogen-bond donors (Lipinski definition) is 1. The van der Waals surface area contributed by atoms with Gasteiger partial charge >= 0.3 is 0 Å². The molecule has 210 valence electrons. The highest BCUT2D eigenvalue weighted by atomic mass is 16.5. The van der Waals surface area contributed by atoms with Gasteiger partial charge in [-0.2, -0.15) is 0 Å². The molecule has 1 N–H and O–H groups in total. The van der Waals surface area contributed by atoms with Crippen LogP contribution >= 0.6 is 0 Å². The van der Waals surface area contributed by atoms with Gasteiger partial charge < -0.3 is 9.72 Å². The molecule has 1 fully saturated rings. The summed E-state index contributed by atoms with van der Waals surface area (Å²) in [4.78, 5) is 21.6. The van der Waals surface area contributed by atoms with Gasteiger partial charge in [0.15, 0.2) is 5.82 Å². The van der Waals surface area contributed by atoms with E-state index in [9.17, 15) is 4.79 Å². The highest BCUT2D eigenvalue weighted by Crippen LogP contribution is 2.33. The number of methoxy groups -OCH3 is 1. The number of nitrogens with zero attached hydrogens (tertiary/aromatic N) is 6. The van der Waals surface area contributed by atoms with E-state index in [1.165, 1.54) is 11.1 Å². The normalized spacial score (nSPS) is 15.5. The molecule has 0 spiro atoms. The molecule has 9 heteroatoms. The predicted molar refractivity (Wildman–Crippen MR) is 159 cm³/mol. The Morgan fingerprint density at radius 3 is 2.12 bits per heavy atom. The molecule has 0 unspecified atom stereocenters. The van der Waals surface area contributed by atoms with E-state index < -0.39 is 6.04 Å². The molecule has 2 aromatic heterocycles. The van der Waals surface area contributed by atoms with E-state index in [2.05, 4.69) is 103 Å². The molecule has 3 aromatic carbocycles. The van der Waals surface area contributed by atoms with Crippen LogP contribution in [0.3, 0.4) is 0 Å². The summed E-state index contributed by atoms with van der Waals surface area (Å²) in [6.45, 7) is 6.17. The summed E-state index contributed by atoms with van der Waals surface area (Å²) in [5, 5.41) is 13.7. The zero-order valence-electron chi connectivity index (χ0n) is 23.5. The van der Waals surface area contributed by atoms with Gasteiger partial charge in [0.2, 0.25) is 0 Å². The maximum atomic E-state index is 13.6. The highest BCUT2D eigenvalue weighted by molar-refractivity contribution is 5.79. The summed E-state index contributed by atoms with van der Waals surface area (Å²) >= 11 is 0. The van der Waals surface area contributed by atoms with E-state index in [1.807, 2.05) is 19.1 Å². The Hall–Kier alpha value is -4.18. The van der Waals surface area contributed by atoms with Crippen LogP contribution in [0.4, 0.5) is 0 Å². The number of piperazine rings is 1. The van der Waals surface area contributed by atoms with Gasteiger partial charge in [0.1, 0.15) is 6.04 Å². The minimum Gasteiger partial charge on any atom is -0.383 e. The van der Waals surface area contributed by atoms with E-state index in [1.54, 1.807) is 11.8 Å². The SMILES string of the molecule is COCCn1nnnc1[C@@H](c1cc2ccc(C)cc2[nH]c1=O)N1CCN(C(c2ccccc2)c2ccccc2)CC1.